The number of aryl methyl sites for hydroxylation is 3. The SMILES string of the molecule is CCc1ccc(CNC(=O)c2nn(C)c3c2CSc2ccc(C)cc2-3)cc1. The second-order valence-corrected chi connectivity index (χ2v) is 7.96. The number of thioether (sulfide) groups is 1. The molecule has 0 radical (unpaired) electrons. The summed E-state index contributed by atoms with van der Waals surface area (Å²) >= 11 is 1.77. The molecule has 0 fully saturated rings. The summed E-state index contributed by atoms with van der Waals surface area (Å²) in [5, 5.41) is 7.58. The molecule has 1 aliphatic heterocycles. The first-order valence-corrected chi connectivity index (χ1v) is 10.2. The van der Waals surface area contributed by atoms with E-state index in [4.69, 9.17) is 0 Å². The Morgan fingerprint density at radius 3 is 2.67 bits per heavy atom. The molecule has 3 aromatic rings. The molecule has 0 spiro atoms. The number of fused-ring (bicyclic) bond motifs is 3. The van der Waals surface area contributed by atoms with Crippen LogP contribution in [0.1, 0.15) is 39.7 Å². The molecule has 0 bridgehead atoms. The van der Waals surface area contributed by atoms with Gasteiger partial charge in [0.15, 0.2) is 5.69 Å². The Bertz CT molecular complexity index is 1010. The average molecular weight is 378 g/mol. The number of rotatable bonds is 4. The van der Waals surface area contributed by atoms with Gasteiger partial charge in [-0.05, 0) is 36.6 Å². The molecule has 1 aromatic heterocycles. The van der Waals surface area contributed by atoms with E-state index >= 15 is 0 Å². The first-order valence-electron chi connectivity index (χ1n) is 9.22. The van der Waals surface area contributed by atoms with E-state index < -0.39 is 0 Å². The zero-order valence-electron chi connectivity index (χ0n) is 15.9. The van der Waals surface area contributed by atoms with Gasteiger partial charge in [-0.1, -0.05) is 42.8 Å². The van der Waals surface area contributed by atoms with E-state index in [0.29, 0.717) is 12.2 Å². The van der Waals surface area contributed by atoms with Gasteiger partial charge in [-0.3, -0.25) is 9.48 Å². The maximum Gasteiger partial charge on any atom is 0.272 e. The number of nitrogens with one attached hydrogen (secondary N) is 1. The lowest BCUT2D eigenvalue weighted by molar-refractivity contribution is 0.0944. The summed E-state index contributed by atoms with van der Waals surface area (Å²) in [4.78, 5) is 14.1. The summed E-state index contributed by atoms with van der Waals surface area (Å²) in [6, 6.07) is 14.8. The van der Waals surface area contributed by atoms with Crippen LogP contribution in [0.15, 0.2) is 47.4 Å². The minimum Gasteiger partial charge on any atom is -0.347 e. The molecule has 0 saturated carbocycles. The molecule has 1 N–H and O–H groups in total. The molecule has 0 unspecified atom stereocenters. The van der Waals surface area contributed by atoms with Crippen molar-refractivity contribution in [3.8, 4) is 11.3 Å². The van der Waals surface area contributed by atoms with Gasteiger partial charge in [-0.2, -0.15) is 5.10 Å². The Morgan fingerprint density at radius 2 is 1.93 bits per heavy atom. The van der Waals surface area contributed by atoms with Crippen molar-refractivity contribution < 1.29 is 4.79 Å². The van der Waals surface area contributed by atoms with Gasteiger partial charge in [0.05, 0.1) is 5.69 Å². The van der Waals surface area contributed by atoms with Gasteiger partial charge in [-0.15, -0.1) is 11.8 Å². The van der Waals surface area contributed by atoms with Gasteiger partial charge in [-0.25, -0.2) is 0 Å². The van der Waals surface area contributed by atoms with Crippen molar-refractivity contribution in [2.75, 3.05) is 0 Å². The summed E-state index contributed by atoms with van der Waals surface area (Å²) in [6.07, 6.45) is 1.02. The predicted octanol–water partition coefficient (Wildman–Crippen LogP) is 4.49. The number of nitrogens with zero attached hydrogens (tertiary/aromatic N) is 2. The van der Waals surface area contributed by atoms with Crippen LogP contribution < -0.4 is 5.32 Å². The van der Waals surface area contributed by atoms with E-state index in [9.17, 15) is 4.79 Å². The van der Waals surface area contributed by atoms with E-state index in [-0.39, 0.29) is 5.91 Å². The largest absolute Gasteiger partial charge is 0.347 e. The van der Waals surface area contributed by atoms with Crippen LogP contribution in [0.3, 0.4) is 0 Å². The highest BCUT2D eigenvalue weighted by Crippen LogP contribution is 2.42. The molecular weight excluding hydrogens is 354 g/mol. The zero-order valence-corrected chi connectivity index (χ0v) is 16.7. The van der Waals surface area contributed by atoms with Crippen LogP contribution in [-0.2, 0) is 25.8 Å². The normalized spacial score (nSPS) is 12.4. The molecule has 2 heterocycles. The first kappa shape index (κ1) is 17.9. The Labute approximate surface area is 164 Å². The fourth-order valence-electron chi connectivity index (χ4n) is 3.49. The highest BCUT2D eigenvalue weighted by atomic mass is 32.2. The second-order valence-electron chi connectivity index (χ2n) is 6.94. The summed E-state index contributed by atoms with van der Waals surface area (Å²) in [5.74, 6) is 0.663. The lowest BCUT2D eigenvalue weighted by Crippen LogP contribution is -2.24. The molecule has 4 nitrogen and oxygen atoms in total. The van der Waals surface area contributed by atoms with Crippen LogP contribution in [-0.4, -0.2) is 15.7 Å². The number of carbonyl (C=O) groups excluding carboxylic acids is 1. The van der Waals surface area contributed by atoms with E-state index in [1.165, 1.54) is 21.6 Å². The Kier molecular flexibility index (Phi) is 4.79. The monoisotopic (exact) mass is 377 g/mol. The van der Waals surface area contributed by atoms with E-state index in [1.54, 1.807) is 11.8 Å². The standard InChI is InChI=1S/C22H23N3OS/c1-4-15-6-8-16(9-7-15)12-23-22(26)20-18-13-27-19-10-5-14(2)11-17(19)21(18)25(3)24-20/h5-11H,4,12-13H2,1-3H3,(H,23,26). The Morgan fingerprint density at radius 1 is 1.19 bits per heavy atom. The van der Waals surface area contributed by atoms with Crippen LogP contribution in [0.4, 0.5) is 0 Å². The maximum absolute atomic E-state index is 12.8. The second kappa shape index (κ2) is 7.24. The molecule has 1 amide bonds. The first-order chi connectivity index (χ1) is 13.1. The molecule has 4 rings (SSSR count). The molecule has 138 valence electrons. The number of aromatic nitrogens is 2. The van der Waals surface area contributed by atoms with Crippen molar-refractivity contribution in [2.45, 2.75) is 37.5 Å². The van der Waals surface area contributed by atoms with Crippen LogP contribution in [0, 0.1) is 6.92 Å². The third-order valence-corrected chi connectivity index (χ3v) is 6.11. The molecule has 0 aliphatic carbocycles. The van der Waals surface area contributed by atoms with Gasteiger partial charge >= 0.3 is 0 Å². The van der Waals surface area contributed by atoms with Crippen LogP contribution in [0.25, 0.3) is 11.3 Å². The summed E-state index contributed by atoms with van der Waals surface area (Å²) in [6.45, 7) is 4.74. The minimum absolute atomic E-state index is 0.108. The highest BCUT2D eigenvalue weighted by molar-refractivity contribution is 7.98. The van der Waals surface area contributed by atoms with E-state index in [2.05, 4.69) is 66.7 Å². The highest BCUT2D eigenvalue weighted by Gasteiger charge is 2.27. The number of carbonyl (C=O) groups is 1. The summed E-state index contributed by atoms with van der Waals surface area (Å²) in [7, 11) is 1.92. The predicted molar refractivity (Wildman–Crippen MR) is 110 cm³/mol. The molecule has 27 heavy (non-hydrogen) atoms. The smallest absolute Gasteiger partial charge is 0.272 e. The number of hydrogen-bond donors (Lipinski definition) is 1. The molecule has 1 aliphatic rings. The van der Waals surface area contributed by atoms with Gasteiger partial charge in [0, 0.05) is 35.4 Å². The lowest BCUT2D eigenvalue weighted by atomic mass is 10.0. The molecule has 2 aromatic carbocycles. The third kappa shape index (κ3) is 3.39. The fraction of sp³-hybridized carbons (Fsp3) is 0.273. The van der Waals surface area contributed by atoms with Crippen molar-refractivity contribution in [1.29, 1.82) is 0 Å². The summed E-state index contributed by atoms with van der Waals surface area (Å²) < 4.78 is 1.85. The number of hydrogen-bond acceptors (Lipinski definition) is 3. The topological polar surface area (TPSA) is 46.9 Å². The van der Waals surface area contributed by atoms with Crippen molar-refractivity contribution in [3.63, 3.8) is 0 Å². The average Bonchev–Trinajstić information content (AvgIpc) is 3.03. The molecular formula is C22H23N3OS. The van der Waals surface area contributed by atoms with Crippen LogP contribution >= 0.6 is 11.8 Å². The third-order valence-electron chi connectivity index (χ3n) is 5.01. The minimum atomic E-state index is -0.108. The lowest BCUT2D eigenvalue weighted by Gasteiger charge is -2.17. The maximum atomic E-state index is 12.8. The summed E-state index contributed by atoms with van der Waals surface area (Å²) in [5.41, 5.74) is 7.41. The van der Waals surface area contributed by atoms with E-state index in [1.807, 2.05) is 11.7 Å². The van der Waals surface area contributed by atoms with E-state index in [0.717, 1.165) is 29.0 Å². The van der Waals surface area contributed by atoms with Crippen molar-refractivity contribution in [1.82, 2.24) is 15.1 Å². The van der Waals surface area contributed by atoms with Gasteiger partial charge < -0.3 is 5.32 Å². The van der Waals surface area contributed by atoms with Crippen molar-refractivity contribution in [3.05, 3.63) is 70.4 Å². The number of amides is 1. The fourth-order valence-corrected chi connectivity index (χ4v) is 4.54. The Hall–Kier alpha value is -2.53. The van der Waals surface area contributed by atoms with Gasteiger partial charge in [0.2, 0.25) is 0 Å². The van der Waals surface area contributed by atoms with Crippen LogP contribution in [0.2, 0.25) is 0 Å². The van der Waals surface area contributed by atoms with Gasteiger partial charge in [0.25, 0.3) is 5.91 Å². The molecule has 5 heteroatoms. The number of benzene rings is 2. The van der Waals surface area contributed by atoms with Crippen molar-refractivity contribution >= 4 is 17.7 Å². The molecule has 0 atom stereocenters. The van der Waals surface area contributed by atoms with Crippen molar-refractivity contribution in [2.24, 2.45) is 7.05 Å². The Balaban J connectivity index is 1.58. The zero-order chi connectivity index (χ0) is 19.0. The van der Waals surface area contributed by atoms with Gasteiger partial charge in [0.1, 0.15) is 0 Å². The quantitative estimate of drug-likeness (QED) is 0.728. The molecule has 0 saturated heterocycles. The van der Waals surface area contributed by atoms with Crippen LogP contribution in [0.5, 0.6) is 0 Å².